The topological polar surface area (TPSA) is 97.0 Å². The van der Waals surface area contributed by atoms with Crippen molar-refractivity contribution in [3.05, 3.63) is 18.2 Å². The highest BCUT2D eigenvalue weighted by atomic mass is 16.6. The SMILES string of the molecule is CC(NC(=O)C1CC(=O)N(c2ccc3c(c2)OCCO3)C1)C(=O)NC1CCCCC1. The van der Waals surface area contributed by atoms with E-state index < -0.39 is 12.0 Å². The number of carbonyl (C=O) groups is 3. The molecule has 0 radical (unpaired) electrons. The Morgan fingerprint density at radius 3 is 2.60 bits per heavy atom. The molecule has 3 aliphatic rings. The first-order valence-electron chi connectivity index (χ1n) is 10.8. The number of rotatable bonds is 5. The molecule has 2 atom stereocenters. The lowest BCUT2D eigenvalue weighted by molar-refractivity contribution is -0.131. The van der Waals surface area contributed by atoms with E-state index in [2.05, 4.69) is 10.6 Å². The number of nitrogens with zero attached hydrogens (tertiary/aromatic N) is 1. The lowest BCUT2D eigenvalue weighted by Gasteiger charge is -2.25. The molecule has 162 valence electrons. The first-order valence-corrected chi connectivity index (χ1v) is 10.8. The number of hydrogen-bond donors (Lipinski definition) is 2. The zero-order chi connectivity index (χ0) is 21.1. The number of nitrogens with one attached hydrogen (secondary N) is 2. The highest BCUT2D eigenvalue weighted by molar-refractivity contribution is 6.01. The fraction of sp³-hybridized carbons (Fsp3) is 0.591. The largest absolute Gasteiger partial charge is 0.486 e. The van der Waals surface area contributed by atoms with E-state index in [1.165, 1.54) is 6.42 Å². The Kier molecular flexibility index (Phi) is 6.11. The summed E-state index contributed by atoms with van der Waals surface area (Å²) in [5.41, 5.74) is 0.683. The molecule has 0 bridgehead atoms. The summed E-state index contributed by atoms with van der Waals surface area (Å²) in [6, 6.07) is 4.92. The number of anilines is 1. The van der Waals surface area contributed by atoms with Crippen molar-refractivity contribution in [1.82, 2.24) is 10.6 Å². The minimum Gasteiger partial charge on any atom is -0.486 e. The molecule has 8 heteroatoms. The second-order valence-electron chi connectivity index (χ2n) is 8.31. The van der Waals surface area contributed by atoms with E-state index in [1.807, 2.05) is 0 Å². The molecule has 1 saturated carbocycles. The molecule has 1 aromatic carbocycles. The van der Waals surface area contributed by atoms with Gasteiger partial charge in [-0.25, -0.2) is 0 Å². The van der Waals surface area contributed by atoms with Crippen LogP contribution in [-0.2, 0) is 14.4 Å². The lowest BCUT2D eigenvalue weighted by atomic mass is 9.95. The van der Waals surface area contributed by atoms with E-state index >= 15 is 0 Å². The molecule has 2 heterocycles. The van der Waals surface area contributed by atoms with Gasteiger partial charge in [-0.2, -0.15) is 0 Å². The van der Waals surface area contributed by atoms with Gasteiger partial charge < -0.3 is 25.0 Å². The van der Waals surface area contributed by atoms with Crippen molar-refractivity contribution in [2.45, 2.75) is 57.5 Å². The molecule has 2 aliphatic heterocycles. The number of ether oxygens (including phenoxy) is 2. The maximum absolute atomic E-state index is 12.7. The molecule has 0 aromatic heterocycles. The molecule has 8 nitrogen and oxygen atoms in total. The van der Waals surface area contributed by atoms with Crippen LogP contribution in [0.1, 0.15) is 45.4 Å². The van der Waals surface area contributed by atoms with Crippen molar-refractivity contribution in [3.63, 3.8) is 0 Å². The molecule has 2 N–H and O–H groups in total. The molecule has 2 fully saturated rings. The minimum atomic E-state index is -0.627. The fourth-order valence-electron chi connectivity index (χ4n) is 4.30. The van der Waals surface area contributed by atoms with Crippen LogP contribution in [0.5, 0.6) is 11.5 Å². The van der Waals surface area contributed by atoms with E-state index in [0.717, 1.165) is 25.7 Å². The van der Waals surface area contributed by atoms with Crippen LogP contribution >= 0.6 is 0 Å². The van der Waals surface area contributed by atoms with Gasteiger partial charge in [0.15, 0.2) is 11.5 Å². The third-order valence-corrected chi connectivity index (χ3v) is 6.04. The zero-order valence-electron chi connectivity index (χ0n) is 17.3. The van der Waals surface area contributed by atoms with E-state index in [0.29, 0.717) is 30.4 Å². The summed E-state index contributed by atoms with van der Waals surface area (Å²) in [5, 5.41) is 5.81. The quantitative estimate of drug-likeness (QED) is 0.764. The Hall–Kier alpha value is -2.77. The van der Waals surface area contributed by atoms with Crippen LogP contribution in [0, 0.1) is 5.92 Å². The molecule has 1 aliphatic carbocycles. The first-order chi connectivity index (χ1) is 14.5. The van der Waals surface area contributed by atoms with Gasteiger partial charge in [-0.1, -0.05) is 19.3 Å². The standard InChI is InChI=1S/C22H29N3O5/c1-14(21(27)24-16-5-3-2-4-6-16)23-22(28)15-11-20(26)25(13-15)17-7-8-18-19(12-17)30-10-9-29-18/h7-8,12,14-16H,2-6,9-11,13H2,1H3,(H,23,28)(H,24,27). The monoisotopic (exact) mass is 415 g/mol. The number of hydrogen-bond acceptors (Lipinski definition) is 5. The van der Waals surface area contributed by atoms with Crippen molar-refractivity contribution >= 4 is 23.4 Å². The van der Waals surface area contributed by atoms with Crippen molar-refractivity contribution < 1.29 is 23.9 Å². The van der Waals surface area contributed by atoms with Gasteiger partial charge in [-0.05, 0) is 31.9 Å². The molecule has 1 aromatic rings. The van der Waals surface area contributed by atoms with Crippen LogP contribution < -0.4 is 25.0 Å². The second-order valence-corrected chi connectivity index (χ2v) is 8.31. The number of benzene rings is 1. The summed E-state index contributed by atoms with van der Waals surface area (Å²) in [4.78, 5) is 39.2. The second kappa shape index (κ2) is 8.93. The molecular formula is C22H29N3O5. The number of amides is 3. The Bertz CT molecular complexity index is 821. The van der Waals surface area contributed by atoms with Crippen LogP contribution in [-0.4, -0.2) is 49.6 Å². The highest BCUT2D eigenvalue weighted by Gasteiger charge is 2.36. The van der Waals surface area contributed by atoms with Gasteiger partial charge in [0.2, 0.25) is 17.7 Å². The predicted octanol–water partition coefficient (Wildman–Crippen LogP) is 1.76. The summed E-state index contributed by atoms with van der Waals surface area (Å²) in [6.45, 7) is 2.94. The van der Waals surface area contributed by atoms with Gasteiger partial charge >= 0.3 is 0 Å². The lowest BCUT2D eigenvalue weighted by Crippen LogP contribution is -2.50. The summed E-state index contributed by atoms with van der Waals surface area (Å²) >= 11 is 0. The zero-order valence-corrected chi connectivity index (χ0v) is 17.3. The molecule has 30 heavy (non-hydrogen) atoms. The van der Waals surface area contributed by atoms with Crippen LogP contribution in [0.3, 0.4) is 0 Å². The smallest absolute Gasteiger partial charge is 0.242 e. The molecule has 1 saturated heterocycles. The Morgan fingerprint density at radius 2 is 1.83 bits per heavy atom. The summed E-state index contributed by atoms with van der Waals surface area (Å²) in [5.74, 6) is 0.218. The van der Waals surface area contributed by atoms with E-state index in [-0.39, 0.29) is 36.7 Å². The van der Waals surface area contributed by atoms with Gasteiger partial charge in [0.25, 0.3) is 0 Å². The molecular weight excluding hydrogens is 386 g/mol. The van der Waals surface area contributed by atoms with Gasteiger partial charge in [-0.15, -0.1) is 0 Å². The molecule has 2 unspecified atom stereocenters. The number of fused-ring (bicyclic) bond motifs is 1. The van der Waals surface area contributed by atoms with Gasteiger partial charge in [0.05, 0.1) is 5.92 Å². The molecule has 3 amide bonds. The highest BCUT2D eigenvalue weighted by Crippen LogP contribution is 2.36. The van der Waals surface area contributed by atoms with Crippen molar-refractivity contribution in [2.75, 3.05) is 24.7 Å². The van der Waals surface area contributed by atoms with Crippen LogP contribution in [0.4, 0.5) is 5.69 Å². The first kappa shape index (κ1) is 20.5. The fourth-order valence-corrected chi connectivity index (χ4v) is 4.30. The van der Waals surface area contributed by atoms with Crippen molar-refractivity contribution in [1.29, 1.82) is 0 Å². The van der Waals surface area contributed by atoms with E-state index in [4.69, 9.17) is 9.47 Å². The average molecular weight is 415 g/mol. The van der Waals surface area contributed by atoms with Gasteiger partial charge in [0, 0.05) is 30.8 Å². The number of carbonyl (C=O) groups excluding carboxylic acids is 3. The summed E-state index contributed by atoms with van der Waals surface area (Å²) in [7, 11) is 0. The van der Waals surface area contributed by atoms with Crippen LogP contribution in [0.2, 0.25) is 0 Å². The van der Waals surface area contributed by atoms with Crippen molar-refractivity contribution in [2.24, 2.45) is 5.92 Å². The molecule has 4 rings (SSSR count). The third-order valence-electron chi connectivity index (χ3n) is 6.04. The average Bonchev–Trinajstić information content (AvgIpc) is 3.16. The maximum Gasteiger partial charge on any atom is 0.242 e. The van der Waals surface area contributed by atoms with Crippen LogP contribution in [0.15, 0.2) is 18.2 Å². The van der Waals surface area contributed by atoms with Gasteiger partial charge in [0.1, 0.15) is 19.3 Å². The predicted molar refractivity (Wildman–Crippen MR) is 111 cm³/mol. The Balaban J connectivity index is 1.33. The maximum atomic E-state index is 12.7. The van der Waals surface area contributed by atoms with E-state index in [9.17, 15) is 14.4 Å². The van der Waals surface area contributed by atoms with Crippen molar-refractivity contribution in [3.8, 4) is 11.5 Å². The summed E-state index contributed by atoms with van der Waals surface area (Å²) in [6.07, 6.45) is 5.59. The van der Waals surface area contributed by atoms with Gasteiger partial charge in [-0.3, -0.25) is 14.4 Å². The third kappa shape index (κ3) is 4.52. The Morgan fingerprint density at radius 1 is 1.10 bits per heavy atom. The minimum absolute atomic E-state index is 0.119. The van der Waals surface area contributed by atoms with E-state index in [1.54, 1.807) is 30.0 Å². The molecule has 0 spiro atoms. The Labute approximate surface area is 176 Å². The van der Waals surface area contributed by atoms with Crippen LogP contribution in [0.25, 0.3) is 0 Å². The summed E-state index contributed by atoms with van der Waals surface area (Å²) < 4.78 is 11.1. The normalized spacial score (nSPS) is 22.5.